The normalized spacial score (nSPS) is 12.4. The van der Waals surface area contributed by atoms with Crippen LogP contribution in [-0.4, -0.2) is 16.3 Å². The molecule has 0 N–H and O–H groups in total. The Morgan fingerprint density at radius 2 is 0.657 bits per heavy atom. The minimum atomic E-state index is -0.0803. The van der Waals surface area contributed by atoms with E-state index in [0.29, 0.717) is 0 Å². The Morgan fingerprint density at radius 3 is 0.771 bits per heavy atom. The van der Waals surface area contributed by atoms with E-state index in [0.717, 1.165) is 22.3 Å². The van der Waals surface area contributed by atoms with Crippen molar-refractivity contribution >= 4 is 16.3 Å². The Balaban J connectivity index is 0.000000594. The van der Waals surface area contributed by atoms with Crippen LogP contribution in [-0.2, 0) is 21.7 Å². The van der Waals surface area contributed by atoms with Crippen molar-refractivity contribution in [3.05, 3.63) is 57.6 Å². The molecular weight excluding hydrogens is 443 g/mol. The van der Waals surface area contributed by atoms with E-state index in [2.05, 4.69) is 120 Å². The van der Waals surface area contributed by atoms with E-state index in [9.17, 15) is 10.2 Å². The van der Waals surface area contributed by atoms with Gasteiger partial charge in [0, 0.05) is 0 Å². The van der Waals surface area contributed by atoms with Crippen LogP contribution in [0.1, 0.15) is 123 Å². The summed E-state index contributed by atoms with van der Waals surface area (Å²) in [6, 6.07) is 8.10. The summed E-state index contributed by atoms with van der Waals surface area (Å²) in [6.45, 7) is 31.3. The largest absolute Gasteiger partial charge is 0.872 e. The molecule has 0 aliphatic rings. The van der Waals surface area contributed by atoms with E-state index in [1.54, 1.807) is 0 Å². The summed E-state index contributed by atoms with van der Waals surface area (Å²) in [5.41, 5.74) is 5.74. The molecular formula is C32H51AlO2. The quantitative estimate of drug-likeness (QED) is 0.349. The molecule has 0 aliphatic carbocycles. The number of hydrogen-bond acceptors (Lipinski definition) is 2. The smallest absolute Gasteiger partial charge is 0.0138 e. The molecule has 0 unspecified atom stereocenters. The first-order chi connectivity index (χ1) is 15.5. The third-order valence-corrected chi connectivity index (χ3v) is 5.70. The Morgan fingerprint density at radius 1 is 0.514 bits per heavy atom. The van der Waals surface area contributed by atoms with Crippen molar-refractivity contribution in [3.8, 4) is 11.5 Å². The van der Waals surface area contributed by atoms with E-state index >= 15 is 0 Å². The van der Waals surface area contributed by atoms with Gasteiger partial charge in [0.2, 0.25) is 0 Å². The molecule has 0 heterocycles. The first-order valence-electron chi connectivity index (χ1n) is 12.8. The molecule has 0 aromatic heterocycles. The summed E-state index contributed by atoms with van der Waals surface area (Å²) < 4.78 is 0. The van der Waals surface area contributed by atoms with Gasteiger partial charge in [-0.2, -0.15) is 0 Å². The van der Waals surface area contributed by atoms with Crippen molar-refractivity contribution in [2.75, 3.05) is 0 Å². The number of rotatable bonds is 0. The number of benzene rings is 2. The van der Waals surface area contributed by atoms with E-state index in [-0.39, 0.29) is 33.2 Å². The molecule has 0 saturated heterocycles. The van der Waals surface area contributed by atoms with Crippen LogP contribution in [0.25, 0.3) is 0 Å². The standard InChI is InChI=1S/2C15H24O.C2H5.Al/c2*1-10-8-11(14(2,3)4)13(16)12(9-10)15(5,6)7;1-2;/h2*8-9,16H,1-7H3;1H2,2H3;/q;;;+2/p-2. The molecule has 2 aromatic carbocycles. The minimum Gasteiger partial charge on any atom is -0.872 e. The second kappa shape index (κ2) is 12.2. The van der Waals surface area contributed by atoms with Crippen molar-refractivity contribution in [2.24, 2.45) is 0 Å². The second-order valence-electron chi connectivity index (χ2n) is 13.8. The Kier molecular flexibility index (Phi) is 11.7. The van der Waals surface area contributed by atoms with Crippen LogP contribution in [0.2, 0.25) is 5.28 Å². The zero-order valence-corrected chi connectivity index (χ0v) is 26.6. The van der Waals surface area contributed by atoms with E-state index in [4.69, 9.17) is 0 Å². The first-order valence-corrected chi connectivity index (χ1v) is 13.6. The van der Waals surface area contributed by atoms with Gasteiger partial charge >= 0.3 is 28.5 Å². The third-order valence-electron chi connectivity index (χ3n) is 5.70. The average molecular weight is 495 g/mol. The maximum Gasteiger partial charge on any atom is -0.0138 e. The second-order valence-corrected chi connectivity index (χ2v) is 14.6. The predicted molar refractivity (Wildman–Crippen MR) is 152 cm³/mol. The molecule has 0 amide bonds. The maximum absolute atomic E-state index is 12.4. The van der Waals surface area contributed by atoms with E-state index in [1.807, 2.05) is 24.3 Å². The monoisotopic (exact) mass is 494 g/mol. The summed E-state index contributed by atoms with van der Waals surface area (Å²) in [7, 11) is 0. The van der Waals surface area contributed by atoms with Gasteiger partial charge in [-0.05, 0) is 57.8 Å². The zero-order valence-electron chi connectivity index (χ0n) is 25.4. The van der Waals surface area contributed by atoms with Crippen LogP contribution in [0.3, 0.4) is 0 Å². The average Bonchev–Trinajstić information content (AvgIpc) is 2.62. The van der Waals surface area contributed by atoms with Crippen LogP contribution in [0, 0.1) is 13.8 Å². The van der Waals surface area contributed by atoms with Crippen LogP contribution in [0.5, 0.6) is 11.5 Å². The van der Waals surface area contributed by atoms with Crippen LogP contribution < -0.4 is 10.2 Å². The van der Waals surface area contributed by atoms with Crippen molar-refractivity contribution in [3.63, 3.8) is 0 Å². The van der Waals surface area contributed by atoms with Gasteiger partial charge in [-0.3, -0.25) is 0 Å². The van der Waals surface area contributed by atoms with E-state index < -0.39 is 0 Å². The van der Waals surface area contributed by atoms with Crippen LogP contribution in [0.15, 0.2) is 24.3 Å². The summed E-state index contributed by atoms with van der Waals surface area (Å²) >= 11 is 2.58. The maximum atomic E-state index is 12.4. The van der Waals surface area contributed by atoms with Gasteiger partial charge in [0.15, 0.2) is 0 Å². The Labute approximate surface area is 226 Å². The number of aryl methyl sites for hydroxylation is 2. The van der Waals surface area contributed by atoms with Crippen LogP contribution >= 0.6 is 0 Å². The van der Waals surface area contributed by atoms with E-state index in [1.165, 1.54) is 16.4 Å². The number of hydrogen-bond donors (Lipinski definition) is 0. The zero-order chi connectivity index (χ0) is 28.2. The van der Waals surface area contributed by atoms with Crippen molar-refractivity contribution in [1.82, 2.24) is 0 Å². The van der Waals surface area contributed by atoms with Crippen molar-refractivity contribution < 1.29 is 10.2 Å². The van der Waals surface area contributed by atoms with Crippen molar-refractivity contribution in [2.45, 2.75) is 131 Å². The SMILES string of the molecule is C[CH2][Al+2].Cc1cc(C(C)(C)C)c([O-])c(C(C)(C)C)c1.Cc1cc(C(C)(C)C)c([O-])c(C(C)(C)C)c1. The molecule has 0 aliphatic heterocycles. The Bertz CT molecular complexity index is 810. The fraction of sp³-hybridized carbons (Fsp3) is 0.625. The summed E-state index contributed by atoms with van der Waals surface area (Å²) in [6.07, 6.45) is 0. The van der Waals surface area contributed by atoms with Crippen molar-refractivity contribution in [1.29, 1.82) is 0 Å². The van der Waals surface area contributed by atoms with Crippen LogP contribution in [0.4, 0.5) is 0 Å². The van der Waals surface area contributed by atoms with Gasteiger partial charge in [-0.1, -0.05) is 118 Å². The summed E-state index contributed by atoms with van der Waals surface area (Å²) in [5.74, 6) is 0.427. The fourth-order valence-electron chi connectivity index (χ4n) is 3.77. The van der Waals surface area contributed by atoms with Gasteiger partial charge in [0.05, 0.1) is 0 Å². The fourth-order valence-corrected chi connectivity index (χ4v) is 3.77. The third kappa shape index (κ3) is 10.2. The molecule has 3 heteroatoms. The van der Waals surface area contributed by atoms with Gasteiger partial charge in [-0.15, -0.1) is 11.5 Å². The molecule has 2 rings (SSSR count). The predicted octanol–water partition coefficient (Wildman–Crippen LogP) is 7.92. The molecule has 0 spiro atoms. The summed E-state index contributed by atoms with van der Waals surface area (Å²) in [4.78, 5) is 0. The van der Waals surface area contributed by atoms with Gasteiger partial charge < -0.3 is 10.2 Å². The summed E-state index contributed by atoms with van der Waals surface area (Å²) in [5, 5.41) is 26.0. The molecule has 2 nitrogen and oxygen atoms in total. The molecule has 0 bridgehead atoms. The molecule has 0 radical (unpaired) electrons. The first kappa shape index (κ1) is 33.6. The van der Waals surface area contributed by atoms with Gasteiger partial charge in [0.25, 0.3) is 0 Å². The molecule has 0 atom stereocenters. The Hall–Kier alpha value is -1.43. The molecule has 2 aromatic rings. The molecule has 35 heavy (non-hydrogen) atoms. The van der Waals surface area contributed by atoms with Gasteiger partial charge in [-0.25, -0.2) is 0 Å². The molecule has 0 fully saturated rings. The van der Waals surface area contributed by atoms with Gasteiger partial charge in [0.1, 0.15) is 0 Å². The molecule has 194 valence electrons. The molecule has 0 saturated carbocycles. The minimum absolute atomic E-state index is 0.0803. The topological polar surface area (TPSA) is 46.1 Å².